The van der Waals surface area contributed by atoms with Crippen molar-refractivity contribution in [3.63, 3.8) is 0 Å². The standard InChI is InChI=1S/C27H32ClN3O3/c1-25(2)17-31(13-12-27(25,18-32)21-11-10-20(16-29)22(28)14-21)23(33)15-26(3,4)30-24(34)19-8-6-5-7-9-19/h5-11,14,32H,12-13,15,17-18H2,1-4H3,(H,30,34). The second-order valence-electron chi connectivity index (χ2n) is 10.4. The number of carbonyl (C=O) groups excluding carboxylic acids is 2. The summed E-state index contributed by atoms with van der Waals surface area (Å²) in [6.07, 6.45) is 0.720. The fourth-order valence-electron chi connectivity index (χ4n) is 4.91. The van der Waals surface area contributed by atoms with Crippen molar-refractivity contribution >= 4 is 23.4 Å². The van der Waals surface area contributed by atoms with Crippen LogP contribution in [0.3, 0.4) is 0 Å². The first kappa shape index (κ1) is 25.7. The Morgan fingerprint density at radius 2 is 1.88 bits per heavy atom. The molecule has 1 heterocycles. The SMILES string of the molecule is CC(C)(CC(=O)N1CCC(CO)(c2ccc(C#N)c(Cl)c2)C(C)(C)C1)NC(=O)c1ccccc1. The van der Waals surface area contributed by atoms with Crippen molar-refractivity contribution in [2.24, 2.45) is 5.41 Å². The summed E-state index contributed by atoms with van der Waals surface area (Å²) in [5.74, 6) is -0.259. The number of carbonyl (C=O) groups is 2. The minimum Gasteiger partial charge on any atom is -0.395 e. The highest BCUT2D eigenvalue weighted by Crippen LogP contribution is 2.48. The molecular formula is C27H32ClN3O3. The van der Waals surface area contributed by atoms with Crippen molar-refractivity contribution in [3.05, 3.63) is 70.2 Å². The summed E-state index contributed by atoms with van der Waals surface area (Å²) in [6, 6.07) is 16.3. The van der Waals surface area contributed by atoms with Gasteiger partial charge in [0.15, 0.2) is 0 Å². The van der Waals surface area contributed by atoms with Gasteiger partial charge in [-0.25, -0.2) is 0 Å². The van der Waals surface area contributed by atoms with Crippen molar-refractivity contribution in [1.82, 2.24) is 10.2 Å². The van der Waals surface area contributed by atoms with Gasteiger partial charge in [-0.3, -0.25) is 9.59 Å². The van der Waals surface area contributed by atoms with Gasteiger partial charge in [-0.1, -0.05) is 49.7 Å². The largest absolute Gasteiger partial charge is 0.395 e. The number of piperidine rings is 1. The normalized spacial score (nSPS) is 19.9. The molecule has 1 atom stereocenters. The molecular weight excluding hydrogens is 450 g/mol. The molecule has 7 heteroatoms. The summed E-state index contributed by atoms with van der Waals surface area (Å²) in [7, 11) is 0. The number of hydrogen-bond donors (Lipinski definition) is 2. The zero-order valence-corrected chi connectivity index (χ0v) is 20.9. The van der Waals surface area contributed by atoms with E-state index in [-0.39, 0.29) is 24.8 Å². The highest BCUT2D eigenvalue weighted by atomic mass is 35.5. The molecule has 2 aromatic rings. The fourth-order valence-corrected chi connectivity index (χ4v) is 5.13. The first-order chi connectivity index (χ1) is 15.9. The topological polar surface area (TPSA) is 93.4 Å². The Morgan fingerprint density at radius 3 is 2.44 bits per heavy atom. The molecule has 1 aliphatic rings. The van der Waals surface area contributed by atoms with E-state index in [0.717, 1.165) is 5.56 Å². The zero-order chi connectivity index (χ0) is 25.1. The van der Waals surface area contributed by atoms with E-state index in [9.17, 15) is 20.0 Å². The van der Waals surface area contributed by atoms with Gasteiger partial charge in [-0.15, -0.1) is 0 Å². The van der Waals surface area contributed by atoms with E-state index < -0.39 is 16.4 Å². The fraction of sp³-hybridized carbons (Fsp3) is 0.444. The maximum atomic E-state index is 13.2. The van der Waals surface area contributed by atoms with Crippen molar-refractivity contribution in [1.29, 1.82) is 5.26 Å². The van der Waals surface area contributed by atoms with Gasteiger partial charge in [0.1, 0.15) is 6.07 Å². The molecule has 0 spiro atoms. The number of hydrogen-bond acceptors (Lipinski definition) is 4. The van der Waals surface area contributed by atoms with Crippen LogP contribution in [0.25, 0.3) is 0 Å². The van der Waals surface area contributed by atoms with Crippen molar-refractivity contribution in [3.8, 4) is 6.07 Å². The van der Waals surface area contributed by atoms with Crippen LogP contribution >= 0.6 is 11.6 Å². The van der Waals surface area contributed by atoms with E-state index in [2.05, 4.69) is 11.4 Å². The smallest absolute Gasteiger partial charge is 0.251 e. The van der Waals surface area contributed by atoms with Crippen LogP contribution < -0.4 is 5.32 Å². The number of aliphatic hydroxyl groups excluding tert-OH is 1. The molecule has 0 aliphatic carbocycles. The third-order valence-corrected chi connectivity index (χ3v) is 7.35. The minimum atomic E-state index is -0.722. The molecule has 3 rings (SSSR count). The van der Waals surface area contributed by atoms with Crippen molar-refractivity contribution in [2.75, 3.05) is 19.7 Å². The molecule has 2 amide bonds. The zero-order valence-electron chi connectivity index (χ0n) is 20.2. The predicted octanol–water partition coefficient (Wildman–Crippen LogP) is 4.30. The second kappa shape index (κ2) is 9.77. The summed E-state index contributed by atoms with van der Waals surface area (Å²) in [4.78, 5) is 27.6. The van der Waals surface area contributed by atoms with Gasteiger partial charge in [0.25, 0.3) is 5.91 Å². The van der Waals surface area contributed by atoms with Crippen LogP contribution in [0.5, 0.6) is 0 Å². The highest BCUT2D eigenvalue weighted by molar-refractivity contribution is 6.31. The van der Waals surface area contributed by atoms with Gasteiger partial charge >= 0.3 is 0 Å². The van der Waals surface area contributed by atoms with Crippen molar-refractivity contribution < 1.29 is 14.7 Å². The van der Waals surface area contributed by atoms with E-state index in [0.29, 0.717) is 35.7 Å². The molecule has 0 bridgehead atoms. The molecule has 1 unspecified atom stereocenters. The third-order valence-electron chi connectivity index (χ3n) is 7.04. The molecule has 180 valence electrons. The molecule has 2 N–H and O–H groups in total. The van der Waals surface area contributed by atoms with Crippen LogP contribution in [-0.2, 0) is 10.2 Å². The summed E-state index contributed by atoms with van der Waals surface area (Å²) in [5, 5.41) is 23.0. The molecule has 34 heavy (non-hydrogen) atoms. The second-order valence-corrected chi connectivity index (χ2v) is 10.8. The number of benzene rings is 2. The molecule has 6 nitrogen and oxygen atoms in total. The molecule has 0 aromatic heterocycles. The van der Waals surface area contributed by atoms with Gasteiger partial charge in [0, 0.05) is 36.0 Å². The van der Waals surface area contributed by atoms with Gasteiger partial charge < -0.3 is 15.3 Å². The molecule has 1 fully saturated rings. The Morgan fingerprint density at radius 1 is 1.21 bits per heavy atom. The number of nitriles is 1. The Labute approximate surface area is 206 Å². The quantitative estimate of drug-likeness (QED) is 0.643. The molecule has 1 aliphatic heterocycles. The Kier molecular flexibility index (Phi) is 7.40. The Balaban J connectivity index is 1.74. The van der Waals surface area contributed by atoms with E-state index >= 15 is 0 Å². The first-order valence-corrected chi connectivity index (χ1v) is 11.8. The van der Waals surface area contributed by atoms with Gasteiger partial charge in [-0.05, 0) is 55.5 Å². The molecule has 0 radical (unpaired) electrons. The number of rotatable bonds is 6. The lowest BCUT2D eigenvalue weighted by atomic mass is 9.58. The molecule has 1 saturated heterocycles. The van der Waals surface area contributed by atoms with Crippen LogP contribution in [0.2, 0.25) is 5.02 Å². The van der Waals surface area contributed by atoms with Gasteiger partial charge in [-0.2, -0.15) is 5.26 Å². The molecule has 0 saturated carbocycles. The van der Waals surface area contributed by atoms with Crippen LogP contribution in [0.4, 0.5) is 0 Å². The predicted molar refractivity (Wildman–Crippen MR) is 133 cm³/mol. The first-order valence-electron chi connectivity index (χ1n) is 11.4. The number of aliphatic hydroxyl groups is 1. The summed E-state index contributed by atoms with van der Waals surface area (Å²) in [5.41, 5.74) is 0.0368. The number of nitrogens with zero attached hydrogens (tertiary/aromatic N) is 2. The average molecular weight is 482 g/mol. The third kappa shape index (κ3) is 5.11. The van der Waals surface area contributed by atoms with E-state index in [1.54, 1.807) is 36.4 Å². The lowest BCUT2D eigenvalue weighted by Crippen LogP contribution is -2.59. The van der Waals surface area contributed by atoms with Crippen LogP contribution in [0.1, 0.15) is 62.0 Å². The summed E-state index contributed by atoms with van der Waals surface area (Å²) < 4.78 is 0. The highest BCUT2D eigenvalue weighted by Gasteiger charge is 2.50. The van der Waals surface area contributed by atoms with E-state index in [1.807, 2.05) is 44.7 Å². The number of nitrogens with one attached hydrogen (secondary N) is 1. The summed E-state index contributed by atoms with van der Waals surface area (Å²) >= 11 is 6.30. The maximum absolute atomic E-state index is 13.2. The van der Waals surface area contributed by atoms with E-state index in [1.165, 1.54) is 0 Å². The minimum absolute atomic E-state index is 0.0455. The lowest BCUT2D eigenvalue weighted by molar-refractivity contribution is -0.138. The van der Waals surface area contributed by atoms with Crippen molar-refractivity contribution in [2.45, 2.75) is 51.5 Å². The Bertz CT molecular complexity index is 1110. The maximum Gasteiger partial charge on any atom is 0.251 e. The van der Waals surface area contributed by atoms with E-state index in [4.69, 9.17) is 11.6 Å². The monoisotopic (exact) mass is 481 g/mol. The average Bonchev–Trinajstić information content (AvgIpc) is 2.78. The van der Waals surface area contributed by atoms with Crippen LogP contribution in [0.15, 0.2) is 48.5 Å². The van der Waals surface area contributed by atoms with Crippen LogP contribution in [-0.4, -0.2) is 47.1 Å². The number of halogens is 1. The Hall–Kier alpha value is -2.88. The number of likely N-dealkylation sites (tertiary alicyclic amines) is 1. The molecule has 2 aromatic carbocycles. The number of amides is 2. The van der Waals surface area contributed by atoms with Crippen LogP contribution in [0, 0.1) is 16.7 Å². The van der Waals surface area contributed by atoms with Gasteiger partial charge in [0.2, 0.25) is 5.91 Å². The van der Waals surface area contributed by atoms with Gasteiger partial charge in [0.05, 0.1) is 17.2 Å². The lowest BCUT2D eigenvalue weighted by Gasteiger charge is -2.53. The summed E-state index contributed by atoms with van der Waals surface area (Å²) in [6.45, 7) is 8.60.